The maximum absolute atomic E-state index is 5.73. The Bertz CT molecular complexity index is 1080. The van der Waals surface area contributed by atoms with Gasteiger partial charge in [0, 0.05) is 30.1 Å². The summed E-state index contributed by atoms with van der Waals surface area (Å²) in [4.78, 5) is 9.56. The van der Waals surface area contributed by atoms with Gasteiger partial charge in [0.25, 0.3) is 0 Å². The predicted molar refractivity (Wildman–Crippen MR) is 115 cm³/mol. The molecule has 158 valence electrons. The Morgan fingerprint density at radius 2 is 2.17 bits per heavy atom. The number of pyridine rings is 1. The quantitative estimate of drug-likeness (QED) is 0.592. The van der Waals surface area contributed by atoms with Crippen LogP contribution in [0.1, 0.15) is 48.9 Å². The van der Waals surface area contributed by atoms with Crippen molar-refractivity contribution in [2.24, 2.45) is 0 Å². The molecule has 2 N–H and O–H groups in total. The number of imidazole rings is 1. The number of likely N-dealkylation sites (N-methyl/N-ethyl adjacent to an activating group) is 1. The number of aromatic nitrogens is 4. The number of nitrogens with zero attached hydrogens (tertiary/aromatic N) is 4. The smallest absolute Gasteiger partial charge is 0.157 e. The first kappa shape index (κ1) is 19.3. The molecule has 8 nitrogen and oxygen atoms in total. The van der Waals surface area contributed by atoms with Crippen molar-refractivity contribution in [2.75, 3.05) is 26.0 Å². The molecule has 3 aromatic rings. The van der Waals surface area contributed by atoms with Gasteiger partial charge in [0.05, 0.1) is 32.2 Å². The molecular formula is C22H28N6O2. The van der Waals surface area contributed by atoms with Crippen molar-refractivity contribution in [2.45, 2.75) is 51.4 Å². The first-order valence-electron chi connectivity index (χ1n) is 10.7. The third kappa shape index (κ3) is 3.40. The van der Waals surface area contributed by atoms with E-state index in [1.165, 1.54) is 5.56 Å². The Morgan fingerprint density at radius 1 is 1.30 bits per heavy atom. The van der Waals surface area contributed by atoms with E-state index in [2.05, 4.69) is 28.6 Å². The van der Waals surface area contributed by atoms with Gasteiger partial charge in [-0.1, -0.05) is 6.92 Å². The molecule has 1 aliphatic heterocycles. The van der Waals surface area contributed by atoms with Crippen molar-refractivity contribution in [3.63, 3.8) is 0 Å². The van der Waals surface area contributed by atoms with E-state index in [1.54, 1.807) is 7.11 Å². The van der Waals surface area contributed by atoms with Gasteiger partial charge < -0.3 is 20.1 Å². The fourth-order valence-corrected chi connectivity index (χ4v) is 4.05. The highest BCUT2D eigenvalue weighted by molar-refractivity contribution is 5.66. The van der Waals surface area contributed by atoms with Crippen LogP contribution in [0.3, 0.4) is 0 Å². The summed E-state index contributed by atoms with van der Waals surface area (Å²) in [5.41, 5.74) is 5.83. The summed E-state index contributed by atoms with van der Waals surface area (Å²) in [6, 6.07) is 4.38. The maximum Gasteiger partial charge on any atom is 0.157 e. The Labute approximate surface area is 176 Å². The first-order valence-corrected chi connectivity index (χ1v) is 10.7. The third-order valence-electron chi connectivity index (χ3n) is 5.94. The van der Waals surface area contributed by atoms with E-state index in [9.17, 15) is 0 Å². The van der Waals surface area contributed by atoms with Crippen molar-refractivity contribution in [3.05, 3.63) is 35.2 Å². The molecular weight excluding hydrogens is 380 g/mol. The van der Waals surface area contributed by atoms with Gasteiger partial charge in [-0.3, -0.25) is 0 Å². The van der Waals surface area contributed by atoms with E-state index in [4.69, 9.17) is 19.6 Å². The van der Waals surface area contributed by atoms with Gasteiger partial charge in [-0.25, -0.2) is 14.5 Å². The average molecular weight is 409 g/mol. The van der Waals surface area contributed by atoms with Crippen LogP contribution >= 0.6 is 0 Å². The molecule has 0 bridgehead atoms. The second-order valence-electron chi connectivity index (χ2n) is 8.08. The van der Waals surface area contributed by atoms with Gasteiger partial charge in [-0.05, 0) is 37.9 Å². The van der Waals surface area contributed by atoms with E-state index in [0.717, 1.165) is 65.7 Å². The van der Waals surface area contributed by atoms with Gasteiger partial charge in [-0.2, -0.15) is 5.10 Å². The topological polar surface area (TPSA) is 85.6 Å². The molecule has 1 fully saturated rings. The number of nitrogens with one attached hydrogen (secondary N) is 2. The second-order valence-corrected chi connectivity index (χ2v) is 8.08. The lowest BCUT2D eigenvalue weighted by Gasteiger charge is -2.19. The van der Waals surface area contributed by atoms with Crippen molar-refractivity contribution in [1.82, 2.24) is 24.9 Å². The summed E-state index contributed by atoms with van der Waals surface area (Å²) < 4.78 is 13.2. The Kier molecular flexibility index (Phi) is 5.04. The van der Waals surface area contributed by atoms with Crippen LogP contribution in [0.15, 0.2) is 18.3 Å². The fourth-order valence-electron chi connectivity index (χ4n) is 4.05. The molecule has 1 atom stereocenters. The summed E-state index contributed by atoms with van der Waals surface area (Å²) in [6.45, 7) is 4.25. The highest BCUT2D eigenvalue weighted by atomic mass is 16.5. The van der Waals surface area contributed by atoms with Gasteiger partial charge >= 0.3 is 0 Å². The average Bonchev–Trinajstić information content (AvgIpc) is 3.35. The van der Waals surface area contributed by atoms with E-state index < -0.39 is 0 Å². The Hall–Kier alpha value is -2.71. The Balaban J connectivity index is 1.59. The van der Waals surface area contributed by atoms with Crippen LogP contribution in [0.25, 0.3) is 17.0 Å². The zero-order valence-corrected chi connectivity index (χ0v) is 17.7. The molecule has 3 aromatic heterocycles. The van der Waals surface area contributed by atoms with Crippen LogP contribution in [-0.2, 0) is 18.0 Å². The van der Waals surface area contributed by atoms with Crippen LogP contribution in [0, 0.1) is 0 Å². The van der Waals surface area contributed by atoms with Crippen molar-refractivity contribution < 1.29 is 9.47 Å². The van der Waals surface area contributed by atoms with Crippen molar-refractivity contribution in [3.8, 4) is 17.1 Å². The summed E-state index contributed by atoms with van der Waals surface area (Å²) in [6.07, 6.45) is 5.16. The van der Waals surface area contributed by atoms with Crippen molar-refractivity contribution in [1.29, 1.82) is 0 Å². The standard InChI is InChI=1S/C22H28N6O2/c1-4-15(9-23-2)25-22-16-12-30-11-14(16)7-17(26-22)18-10-24-20-8-19(29-3)21(13-5-6-13)27-28(18)20/h7-8,10,13,15,23H,4-6,9,11-12H2,1-3H3,(H,25,26). The lowest BCUT2D eigenvalue weighted by molar-refractivity contribution is 0.134. The van der Waals surface area contributed by atoms with Crippen LogP contribution in [0.5, 0.6) is 5.75 Å². The summed E-state index contributed by atoms with van der Waals surface area (Å²) >= 11 is 0. The SMILES string of the molecule is CCC(CNC)Nc1nc(-c2cnc3cc(OC)c(C4CC4)nn23)cc2c1COC2. The van der Waals surface area contributed by atoms with Crippen LogP contribution in [0.2, 0.25) is 0 Å². The van der Waals surface area contributed by atoms with Crippen molar-refractivity contribution >= 4 is 11.5 Å². The molecule has 1 unspecified atom stereocenters. The van der Waals surface area contributed by atoms with Crippen LogP contribution < -0.4 is 15.4 Å². The minimum atomic E-state index is 0.300. The monoisotopic (exact) mass is 408 g/mol. The molecule has 0 aromatic carbocycles. The molecule has 4 heterocycles. The number of hydrogen-bond donors (Lipinski definition) is 2. The molecule has 5 rings (SSSR count). The lowest BCUT2D eigenvalue weighted by Crippen LogP contribution is -2.31. The molecule has 0 saturated heterocycles. The largest absolute Gasteiger partial charge is 0.495 e. The molecule has 0 radical (unpaired) electrons. The third-order valence-corrected chi connectivity index (χ3v) is 5.94. The van der Waals surface area contributed by atoms with Gasteiger partial charge in [0.1, 0.15) is 23.0 Å². The molecule has 1 aliphatic carbocycles. The zero-order valence-electron chi connectivity index (χ0n) is 17.7. The molecule has 8 heteroatoms. The molecule has 30 heavy (non-hydrogen) atoms. The normalized spacial score (nSPS) is 16.6. The number of ether oxygens (including phenoxy) is 2. The van der Waals surface area contributed by atoms with Gasteiger partial charge in [-0.15, -0.1) is 0 Å². The Morgan fingerprint density at radius 3 is 2.90 bits per heavy atom. The lowest BCUT2D eigenvalue weighted by atomic mass is 10.1. The minimum absolute atomic E-state index is 0.300. The molecule has 0 spiro atoms. The summed E-state index contributed by atoms with van der Waals surface area (Å²) in [5.74, 6) is 2.19. The van der Waals surface area contributed by atoms with E-state index in [-0.39, 0.29) is 0 Å². The minimum Gasteiger partial charge on any atom is -0.495 e. The summed E-state index contributed by atoms with van der Waals surface area (Å²) in [7, 11) is 3.66. The van der Waals surface area contributed by atoms with Crippen LogP contribution in [-0.4, -0.2) is 46.3 Å². The summed E-state index contributed by atoms with van der Waals surface area (Å²) in [5, 5.41) is 11.8. The highest BCUT2D eigenvalue weighted by Crippen LogP contribution is 2.43. The highest BCUT2D eigenvalue weighted by Gasteiger charge is 2.30. The zero-order chi connectivity index (χ0) is 20.7. The molecule has 0 amide bonds. The number of rotatable bonds is 8. The first-order chi connectivity index (χ1) is 14.7. The number of anilines is 1. The number of fused-ring (bicyclic) bond motifs is 2. The van der Waals surface area contributed by atoms with E-state index >= 15 is 0 Å². The number of methoxy groups -OCH3 is 1. The predicted octanol–water partition coefficient (Wildman–Crippen LogP) is 3.12. The van der Waals surface area contributed by atoms with E-state index in [0.29, 0.717) is 25.2 Å². The van der Waals surface area contributed by atoms with E-state index in [1.807, 2.05) is 23.8 Å². The molecule has 2 aliphatic rings. The van der Waals surface area contributed by atoms with Gasteiger partial charge in [0.2, 0.25) is 0 Å². The maximum atomic E-state index is 5.73. The second kappa shape index (κ2) is 7.85. The van der Waals surface area contributed by atoms with Crippen LogP contribution in [0.4, 0.5) is 5.82 Å². The molecule has 1 saturated carbocycles. The number of hydrogen-bond acceptors (Lipinski definition) is 7. The fraction of sp³-hybridized carbons (Fsp3) is 0.500. The van der Waals surface area contributed by atoms with Gasteiger partial charge in [0.15, 0.2) is 5.65 Å².